The highest BCUT2D eigenvalue weighted by molar-refractivity contribution is 5.83. The van der Waals surface area contributed by atoms with Crippen LogP contribution < -0.4 is 0 Å². The van der Waals surface area contributed by atoms with Gasteiger partial charge >= 0.3 is 5.97 Å². The SMILES string of the molecule is O=C(O)C1(c2ccc([N+](=O)[O-])cc2)CC2(CC2)C1. The average molecular weight is 247 g/mol. The van der Waals surface area contributed by atoms with Gasteiger partial charge in [0.05, 0.1) is 10.3 Å². The second-order valence-electron chi connectivity index (χ2n) is 5.54. The molecule has 0 heterocycles. The number of carboxylic acids is 1. The fourth-order valence-corrected chi connectivity index (χ4v) is 3.14. The molecule has 0 amide bonds. The molecule has 2 aliphatic rings. The lowest BCUT2D eigenvalue weighted by Crippen LogP contribution is -2.49. The highest BCUT2D eigenvalue weighted by Crippen LogP contribution is 2.69. The van der Waals surface area contributed by atoms with Crippen LogP contribution in [0.5, 0.6) is 0 Å². The lowest BCUT2D eigenvalue weighted by atomic mass is 9.56. The largest absolute Gasteiger partial charge is 0.481 e. The molecule has 3 rings (SSSR count). The van der Waals surface area contributed by atoms with Gasteiger partial charge in [-0.3, -0.25) is 14.9 Å². The highest BCUT2D eigenvalue weighted by Gasteiger charge is 2.64. The maximum absolute atomic E-state index is 11.5. The molecule has 0 radical (unpaired) electrons. The molecule has 1 spiro atoms. The Kier molecular flexibility index (Phi) is 2.06. The van der Waals surface area contributed by atoms with Gasteiger partial charge in [0.1, 0.15) is 0 Å². The van der Waals surface area contributed by atoms with Crippen LogP contribution in [0.3, 0.4) is 0 Å². The zero-order valence-electron chi connectivity index (χ0n) is 9.76. The number of nitro groups is 1. The molecule has 5 heteroatoms. The molecule has 0 saturated heterocycles. The molecule has 1 N–H and O–H groups in total. The smallest absolute Gasteiger partial charge is 0.314 e. The second kappa shape index (κ2) is 3.31. The van der Waals surface area contributed by atoms with E-state index in [4.69, 9.17) is 0 Å². The van der Waals surface area contributed by atoms with E-state index in [1.807, 2.05) is 0 Å². The van der Waals surface area contributed by atoms with E-state index >= 15 is 0 Å². The third kappa shape index (κ3) is 1.43. The third-order valence-corrected chi connectivity index (χ3v) is 4.35. The van der Waals surface area contributed by atoms with E-state index < -0.39 is 16.3 Å². The molecule has 94 valence electrons. The summed E-state index contributed by atoms with van der Waals surface area (Å²) < 4.78 is 0. The molecule has 0 atom stereocenters. The van der Waals surface area contributed by atoms with Gasteiger partial charge in [0.25, 0.3) is 5.69 Å². The van der Waals surface area contributed by atoms with E-state index in [1.54, 1.807) is 12.1 Å². The Morgan fingerprint density at radius 2 is 1.78 bits per heavy atom. The Morgan fingerprint density at radius 1 is 1.22 bits per heavy atom. The Balaban J connectivity index is 1.92. The van der Waals surface area contributed by atoms with Crippen LogP contribution >= 0.6 is 0 Å². The zero-order chi connectivity index (χ0) is 13.0. The molecule has 0 aromatic heterocycles. The number of carboxylic acid groups (broad SMARTS) is 1. The van der Waals surface area contributed by atoms with Crippen molar-refractivity contribution in [3.05, 3.63) is 39.9 Å². The van der Waals surface area contributed by atoms with Gasteiger partial charge in [-0.15, -0.1) is 0 Å². The van der Waals surface area contributed by atoms with Gasteiger partial charge in [0.2, 0.25) is 0 Å². The van der Waals surface area contributed by atoms with E-state index in [0.29, 0.717) is 18.4 Å². The highest BCUT2D eigenvalue weighted by atomic mass is 16.6. The summed E-state index contributed by atoms with van der Waals surface area (Å²) in [5, 5.41) is 20.0. The number of aliphatic carboxylic acids is 1. The fraction of sp³-hybridized carbons (Fsp3) is 0.462. The first-order valence-corrected chi connectivity index (χ1v) is 5.96. The molecule has 0 unspecified atom stereocenters. The average Bonchev–Trinajstić information content (AvgIpc) is 3.06. The molecule has 0 bridgehead atoms. The monoisotopic (exact) mass is 247 g/mol. The van der Waals surface area contributed by atoms with E-state index in [1.165, 1.54) is 12.1 Å². The quantitative estimate of drug-likeness (QED) is 0.657. The number of benzene rings is 1. The zero-order valence-corrected chi connectivity index (χ0v) is 9.76. The van der Waals surface area contributed by atoms with Crippen molar-refractivity contribution in [2.45, 2.75) is 31.1 Å². The number of nitrogens with zero attached hydrogens (tertiary/aromatic N) is 1. The van der Waals surface area contributed by atoms with Crippen molar-refractivity contribution < 1.29 is 14.8 Å². The van der Waals surface area contributed by atoms with Crippen molar-refractivity contribution in [2.24, 2.45) is 5.41 Å². The Bertz CT molecular complexity index is 522. The van der Waals surface area contributed by atoms with Crippen LogP contribution in [-0.4, -0.2) is 16.0 Å². The molecule has 1 aromatic rings. The number of nitro benzene ring substituents is 1. The third-order valence-electron chi connectivity index (χ3n) is 4.35. The van der Waals surface area contributed by atoms with Gasteiger partial charge in [-0.2, -0.15) is 0 Å². The maximum atomic E-state index is 11.5. The summed E-state index contributed by atoms with van der Waals surface area (Å²) in [5.74, 6) is -0.811. The van der Waals surface area contributed by atoms with Gasteiger partial charge in [-0.1, -0.05) is 12.1 Å². The number of carbonyl (C=O) groups is 1. The summed E-state index contributed by atoms with van der Waals surface area (Å²) in [6.45, 7) is 0. The summed E-state index contributed by atoms with van der Waals surface area (Å²) >= 11 is 0. The van der Waals surface area contributed by atoms with E-state index in [2.05, 4.69) is 0 Å². The van der Waals surface area contributed by atoms with Gasteiger partial charge in [-0.25, -0.2) is 0 Å². The normalized spacial score (nSPS) is 22.2. The van der Waals surface area contributed by atoms with Crippen molar-refractivity contribution in [2.75, 3.05) is 0 Å². The Labute approximate surface area is 104 Å². The first kappa shape index (κ1) is 11.2. The molecule has 2 saturated carbocycles. The van der Waals surface area contributed by atoms with Crippen molar-refractivity contribution in [3.8, 4) is 0 Å². The van der Waals surface area contributed by atoms with Crippen LogP contribution in [0, 0.1) is 15.5 Å². The number of hydrogen-bond donors (Lipinski definition) is 1. The predicted octanol–water partition coefficient (Wildman–Crippen LogP) is 2.49. The summed E-state index contributed by atoms with van der Waals surface area (Å²) in [4.78, 5) is 21.6. The molecule has 5 nitrogen and oxygen atoms in total. The summed E-state index contributed by atoms with van der Waals surface area (Å²) in [7, 11) is 0. The van der Waals surface area contributed by atoms with Gasteiger partial charge < -0.3 is 5.11 Å². The standard InChI is InChI=1S/C13H13NO4/c15-11(16)13(7-12(8-13)5-6-12)9-1-3-10(4-2-9)14(17)18/h1-4H,5-8H2,(H,15,16). The van der Waals surface area contributed by atoms with Gasteiger partial charge in [-0.05, 0) is 36.7 Å². The molecular formula is C13H13NO4. The minimum Gasteiger partial charge on any atom is -0.481 e. The van der Waals surface area contributed by atoms with Crippen LogP contribution in [0.2, 0.25) is 0 Å². The van der Waals surface area contributed by atoms with Crippen LogP contribution in [-0.2, 0) is 10.2 Å². The molecular weight excluding hydrogens is 234 g/mol. The Morgan fingerprint density at radius 3 is 2.17 bits per heavy atom. The number of non-ortho nitro benzene ring substituents is 1. The number of rotatable bonds is 3. The van der Waals surface area contributed by atoms with Crippen LogP contribution in [0.15, 0.2) is 24.3 Å². The summed E-state index contributed by atoms with van der Waals surface area (Å²) in [5.41, 5.74) is 0.143. The molecule has 2 fully saturated rings. The van der Waals surface area contributed by atoms with Crippen molar-refractivity contribution in [1.29, 1.82) is 0 Å². The maximum Gasteiger partial charge on any atom is 0.314 e. The van der Waals surface area contributed by atoms with E-state index in [9.17, 15) is 20.0 Å². The van der Waals surface area contributed by atoms with Crippen LogP contribution in [0.1, 0.15) is 31.2 Å². The van der Waals surface area contributed by atoms with Crippen molar-refractivity contribution in [1.82, 2.24) is 0 Å². The fourth-order valence-electron chi connectivity index (χ4n) is 3.14. The van der Waals surface area contributed by atoms with Crippen molar-refractivity contribution in [3.63, 3.8) is 0 Å². The molecule has 2 aliphatic carbocycles. The minimum absolute atomic E-state index is 0.000234. The minimum atomic E-state index is -0.814. The molecule has 1 aromatic carbocycles. The molecule has 18 heavy (non-hydrogen) atoms. The van der Waals surface area contributed by atoms with E-state index in [0.717, 1.165) is 12.8 Å². The topological polar surface area (TPSA) is 80.4 Å². The number of hydrogen-bond acceptors (Lipinski definition) is 3. The van der Waals surface area contributed by atoms with E-state index in [-0.39, 0.29) is 11.1 Å². The summed E-state index contributed by atoms with van der Waals surface area (Å²) in [6, 6.07) is 5.94. The molecule has 0 aliphatic heterocycles. The van der Waals surface area contributed by atoms with Crippen LogP contribution in [0.4, 0.5) is 5.69 Å². The predicted molar refractivity (Wildman–Crippen MR) is 63.3 cm³/mol. The first-order chi connectivity index (χ1) is 8.47. The van der Waals surface area contributed by atoms with Gasteiger partial charge in [0.15, 0.2) is 0 Å². The lowest BCUT2D eigenvalue weighted by molar-refractivity contribution is -0.384. The Hall–Kier alpha value is -1.91. The summed E-state index contributed by atoms with van der Waals surface area (Å²) in [6.07, 6.45) is 3.59. The van der Waals surface area contributed by atoms with Gasteiger partial charge in [0, 0.05) is 12.1 Å². The second-order valence-corrected chi connectivity index (χ2v) is 5.54. The lowest BCUT2D eigenvalue weighted by Gasteiger charge is -2.45. The van der Waals surface area contributed by atoms with Crippen molar-refractivity contribution >= 4 is 11.7 Å². The first-order valence-electron chi connectivity index (χ1n) is 5.96. The van der Waals surface area contributed by atoms with Crippen LogP contribution in [0.25, 0.3) is 0 Å².